The van der Waals surface area contributed by atoms with Crippen molar-refractivity contribution in [2.24, 2.45) is 0 Å². The van der Waals surface area contributed by atoms with E-state index in [1.807, 2.05) is 18.2 Å². The van der Waals surface area contributed by atoms with Crippen molar-refractivity contribution in [3.05, 3.63) is 65.7 Å². The van der Waals surface area contributed by atoms with E-state index in [1.54, 1.807) is 29.2 Å². The average molecular weight is 367 g/mol. The standard InChI is InChI=1S/C21H25N3O3/c1-23(16-17-6-3-2-4-7-17)13-5-12-22-20(25)18-8-10-19(11-9-18)24-14-15-27-21(24)26/h2-4,6-11H,5,12-16H2,1H3,(H,22,25). The van der Waals surface area contributed by atoms with Crippen LogP contribution in [-0.4, -0.2) is 50.2 Å². The molecule has 0 atom stereocenters. The lowest BCUT2D eigenvalue weighted by atomic mass is 10.2. The zero-order chi connectivity index (χ0) is 19.1. The summed E-state index contributed by atoms with van der Waals surface area (Å²) in [5, 5.41) is 2.95. The van der Waals surface area contributed by atoms with Crippen molar-refractivity contribution in [1.82, 2.24) is 10.2 Å². The van der Waals surface area contributed by atoms with Crippen molar-refractivity contribution < 1.29 is 14.3 Å². The Labute approximate surface area is 159 Å². The fourth-order valence-corrected chi connectivity index (χ4v) is 3.05. The van der Waals surface area contributed by atoms with Gasteiger partial charge in [-0.25, -0.2) is 4.79 Å². The van der Waals surface area contributed by atoms with Crippen LogP contribution in [0.2, 0.25) is 0 Å². The Morgan fingerprint density at radius 2 is 1.89 bits per heavy atom. The molecule has 0 bridgehead atoms. The zero-order valence-electron chi connectivity index (χ0n) is 15.6. The van der Waals surface area contributed by atoms with Crippen LogP contribution in [0, 0.1) is 0 Å². The van der Waals surface area contributed by atoms with E-state index in [2.05, 4.69) is 29.4 Å². The highest BCUT2D eigenvalue weighted by Gasteiger charge is 2.23. The number of cyclic esters (lactones) is 1. The maximum atomic E-state index is 12.2. The van der Waals surface area contributed by atoms with Crippen molar-refractivity contribution in [3.8, 4) is 0 Å². The molecule has 0 spiro atoms. The molecule has 3 rings (SSSR count). The Balaban J connectivity index is 1.39. The summed E-state index contributed by atoms with van der Waals surface area (Å²) in [6.45, 7) is 3.37. The Morgan fingerprint density at radius 1 is 1.15 bits per heavy atom. The first-order valence-electron chi connectivity index (χ1n) is 9.18. The highest BCUT2D eigenvalue weighted by molar-refractivity contribution is 5.95. The third kappa shape index (κ3) is 5.31. The molecule has 0 unspecified atom stereocenters. The van der Waals surface area contributed by atoms with Crippen LogP contribution in [0.4, 0.5) is 10.5 Å². The number of anilines is 1. The number of hydrogen-bond acceptors (Lipinski definition) is 4. The lowest BCUT2D eigenvalue weighted by Gasteiger charge is -2.17. The maximum Gasteiger partial charge on any atom is 0.414 e. The van der Waals surface area contributed by atoms with Crippen LogP contribution in [0.15, 0.2) is 54.6 Å². The van der Waals surface area contributed by atoms with Crippen LogP contribution in [0.25, 0.3) is 0 Å². The maximum absolute atomic E-state index is 12.2. The molecule has 1 saturated heterocycles. The molecule has 1 heterocycles. The molecule has 0 aliphatic carbocycles. The van der Waals surface area contributed by atoms with E-state index in [0.717, 1.165) is 25.2 Å². The fraction of sp³-hybridized carbons (Fsp3) is 0.333. The smallest absolute Gasteiger partial charge is 0.414 e. The molecule has 0 radical (unpaired) electrons. The lowest BCUT2D eigenvalue weighted by molar-refractivity contribution is 0.0952. The minimum absolute atomic E-state index is 0.101. The molecule has 6 nitrogen and oxygen atoms in total. The first kappa shape index (κ1) is 18.9. The third-order valence-corrected chi connectivity index (χ3v) is 4.50. The van der Waals surface area contributed by atoms with Gasteiger partial charge in [0.05, 0.1) is 6.54 Å². The van der Waals surface area contributed by atoms with Crippen LogP contribution in [-0.2, 0) is 11.3 Å². The monoisotopic (exact) mass is 367 g/mol. The molecule has 1 N–H and O–H groups in total. The largest absolute Gasteiger partial charge is 0.447 e. The number of rotatable bonds is 8. The zero-order valence-corrected chi connectivity index (χ0v) is 15.6. The third-order valence-electron chi connectivity index (χ3n) is 4.50. The summed E-state index contributed by atoms with van der Waals surface area (Å²) in [7, 11) is 2.08. The molecule has 2 aromatic rings. The number of ether oxygens (including phenoxy) is 1. The molecular weight excluding hydrogens is 342 g/mol. The summed E-state index contributed by atoms with van der Waals surface area (Å²) in [4.78, 5) is 27.6. The van der Waals surface area contributed by atoms with E-state index in [1.165, 1.54) is 5.56 Å². The predicted octanol–water partition coefficient (Wildman–Crippen LogP) is 2.90. The minimum atomic E-state index is -0.341. The van der Waals surface area contributed by atoms with E-state index in [9.17, 15) is 9.59 Å². The van der Waals surface area contributed by atoms with Crippen molar-refractivity contribution in [1.29, 1.82) is 0 Å². The summed E-state index contributed by atoms with van der Waals surface area (Å²) in [6, 6.07) is 17.3. The van der Waals surface area contributed by atoms with Gasteiger partial charge in [0.2, 0.25) is 0 Å². The molecular formula is C21H25N3O3. The molecule has 0 aromatic heterocycles. The van der Waals surface area contributed by atoms with Crippen molar-refractivity contribution in [2.75, 3.05) is 38.2 Å². The Kier molecular flexibility index (Phi) is 6.44. The number of carbonyl (C=O) groups is 2. The van der Waals surface area contributed by atoms with Crippen LogP contribution in [0.5, 0.6) is 0 Å². The average Bonchev–Trinajstić information content (AvgIpc) is 3.12. The highest BCUT2D eigenvalue weighted by atomic mass is 16.6. The topological polar surface area (TPSA) is 61.9 Å². The molecule has 0 saturated carbocycles. The van der Waals surface area contributed by atoms with Crippen molar-refractivity contribution >= 4 is 17.7 Å². The minimum Gasteiger partial charge on any atom is -0.447 e. The van der Waals surface area contributed by atoms with E-state index < -0.39 is 0 Å². The molecule has 1 aliphatic rings. The first-order chi connectivity index (χ1) is 13.1. The number of carbonyl (C=O) groups excluding carboxylic acids is 2. The Morgan fingerprint density at radius 3 is 2.56 bits per heavy atom. The predicted molar refractivity (Wildman–Crippen MR) is 105 cm³/mol. The molecule has 6 heteroatoms. The molecule has 1 aliphatic heterocycles. The summed E-state index contributed by atoms with van der Waals surface area (Å²) in [6.07, 6.45) is 0.541. The van der Waals surface area contributed by atoms with E-state index in [-0.39, 0.29) is 12.0 Å². The SMILES string of the molecule is CN(CCCNC(=O)c1ccc(N2CCOC2=O)cc1)Cc1ccccc1. The fourth-order valence-electron chi connectivity index (χ4n) is 3.05. The van der Waals surface area contributed by atoms with Gasteiger partial charge in [-0.1, -0.05) is 30.3 Å². The van der Waals surface area contributed by atoms with E-state index in [4.69, 9.17) is 4.74 Å². The number of benzene rings is 2. The first-order valence-corrected chi connectivity index (χ1v) is 9.18. The molecule has 27 heavy (non-hydrogen) atoms. The quantitative estimate of drug-likeness (QED) is 0.729. The summed E-state index contributed by atoms with van der Waals surface area (Å²) < 4.78 is 4.92. The second-order valence-electron chi connectivity index (χ2n) is 6.65. The van der Waals surface area contributed by atoms with Gasteiger partial charge in [-0.2, -0.15) is 0 Å². The summed E-state index contributed by atoms with van der Waals surface area (Å²) in [5.74, 6) is -0.101. The normalized spacial score (nSPS) is 13.7. The van der Waals surface area contributed by atoms with Gasteiger partial charge in [0.1, 0.15) is 6.61 Å². The summed E-state index contributed by atoms with van der Waals surface area (Å²) >= 11 is 0. The molecule has 142 valence electrons. The van der Waals surface area contributed by atoms with E-state index >= 15 is 0 Å². The molecule has 2 amide bonds. The Bertz CT molecular complexity index is 762. The molecule has 1 fully saturated rings. The summed E-state index contributed by atoms with van der Waals surface area (Å²) in [5.41, 5.74) is 2.62. The van der Waals surface area contributed by atoms with Gasteiger partial charge >= 0.3 is 6.09 Å². The van der Waals surface area contributed by atoms with Crippen LogP contribution >= 0.6 is 0 Å². The van der Waals surface area contributed by atoms with Crippen molar-refractivity contribution in [2.45, 2.75) is 13.0 Å². The van der Waals surface area contributed by atoms with E-state index in [0.29, 0.717) is 25.3 Å². The number of hydrogen-bond donors (Lipinski definition) is 1. The van der Waals surface area contributed by atoms with Crippen LogP contribution < -0.4 is 10.2 Å². The highest BCUT2D eigenvalue weighted by Crippen LogP contribution is 2.19. The number of nitrogens with zero attached hydrogens (tertiary/aromatic N) is 2. The van der Waals surface area contributed by atoms with Gasteiger partial charge in [0.15, 0.2) is 0 Å². The van der Waals surface area contributed by atoms with Gasteiger partial charge < -0.3 is 15.0 Å². The number of amides is 2. The van der Waals surface area contributed by atoms with Gasteiger partial charge in [-0.3, -0.25) is 9.69 Å². The second-order valence-corrected chi connectivity index (χ2v) is 6.65. The van der Waals surface area contributed by atoms with Crippen LogP contribution in [0.3, 0.4) is 0 Å². The Hall–Kier alpha value is -2.86. The van der Waals surface area contributed by atoms with Gasteiger partial charge in [0.25, 0.3) is 5.91 Å². The van der Waals surface area contributed by atoms with Gasteiger partial charge in [-0.05, 0) is 49.8 Å². The van der Waals surface area contributed by atoms with Crippen molar-refractivity contribution in [3.63, 3.8) is 0 Å². The molecule has 2 aromatic carbocycles. The number of nitrogens with one attached hydrogen (secondary N) is 1. The van der Waals surface area contributed by atoms with Gasteiger partial charge in [-0.15, -0.1) is 0 Å². The second kappa shape index (κ2) is 9.19. The van der Waals surface area contributed by atoms with Gasteiger partial charge in [0, 0.05) is 24.3 Å². The lowest BCUT2D eigenvalue weighted by Crippen LogP contribution is -2.28. The van der Waals surface area contributed by atoms with Crippen LogP contribution in [0.1, 0.15) is 22.3 Å².